The lowest BCUT2D eigenvalue weighted by Crippen LogP contribution is -2.33. The molecule has 18 heavy (non-hydrogen) atoms. The number of aromatic nitrogens is 2. The highest BCUT2D eigenvalue weighted by Gasteiger charge is 1.96. The molecule has 5 nitrogen and oxygen atoms in total. The summed E-state index contributed by atoms with van der Waals surface area (Å²) < 4.78 is 0. The Morgan fingerprint density at radius 3 is 3.06 bits per heavy atom. The van der Waals surface area contributed by atoms with Crippen LogP contribution in [0.2, 0.25) is 0 Å². The lowest BCUT2D eigenvalue weighted by atomic mass is 10.3. The Labute approximate surface area is 110 Å². The van der Waals surface area contributed by atoms with Crippen LogP contribution in [0.3, 0.4) is 0 Å². The third kappa shape index (κ3) is 4.14. The molecule has 0 saturated heterocycles. The van der Waals surface area contributed by atoms with E-state index in [1.54, 1.807) is 17.5 Å². The molecule has 0 radical (unpaired) electrons. The van der Waals surface area contributed by atoms with E-state index >= 15 is 0 Å². The molecule has 0 aliphatic rings. The van der Waals surface area contributed by atoms with Gasteiger partial charge in [-0.15, -0.1) is 11.3 Å². The standard InChI is InChI=1S/C12H15N5S/c13-12(14-7-5-11-4-2-8-18-11)15-9-10-3-1-6-16-17-10/h1-4,6,8H,5,7,9H2,(H3,13,14,15). The summed E-state index contributed by atoms with van der Waals surface area (Å²) in [7, 11) is 0. The Morgan fingerprint density at radius 1 is 1.39 bits per heavy atom. The van der Waals surface area contributed by atoms with Gasteiger partial charge in [-0.1, -0.05) is 6.07 Å². The first-order chi connectivity index (χ1) is 8.84. The third-order valence-electron chi connectivity index (χ3n) is 2.30. The van der Waals surface area contributed by atoms with Gasteiger partial charge in [-0.2, -0.15) is 10.2 Å². The number of guanidine groups is 1. The molecule has 2 aromatic heterocycles. The summed E-state index contributed by atoms with van der Waals surface area (Å²) in [4.78, 5) is 5.53. The van der Waals surface area contributed by atoms with Crippen molar-refractivity contribution in [3.63, 3.8) is 0 Å². The van der Waals surface area contributed by atoms with Crippen LogP contribution in [0.1, 0.15) is 10.6 Å². The second-order valence-corrected chi connectivity index (χ2v) is 4.70. The maximum Gasteiger partial charge on any atom is 0.188 e. The van der Waals surface area contributed by atoms with Crippen molar-refractivity contribution in [3.8, 4) is 0 Å². The molecule has 0 bridgehead atoms. The number of nitrogens with zero attached hydrogens (tertiary/aromatic N) is 3. The number of hydrogen-bond donors (Lipinski definition) is 2. The molecule has 2 aromatic rings. The monoisotopic (exact) mass is 261 g/mol. The van der Waals surface area contributed by atoms with Gasteiger partial charge in [0, 0.05) is 17.6 Å². The van der Waals surface area contributed by atoms with Gasteiger partial charge in [-0.05, 0) is 30.0 Å². The van der Waals surface area contributed by atoms with E-state index in [2.05, 4.69) is 32.0 Å². The van der Waals surface area contributed by atoms with E-state index in [1.807, 2.05) is 18.2 Å². The van der Waals surface area contributed by atoms with Gasteiger partial charge in [0.15, 0.2) is 5.96 Å². The quantitative estimate of drug-likeness (QED) is 0.626. The molecular weight excluding hydrogens is 246 g/mol. The molecule has 0 aromatic carbocycles. The number of nitrogens with one attached hydrogen (secondary N) is 1. The van der Waals surface area contributed by atoms with E-state index in [0.29, 0.717) is 12.5 Å². The molecular formula is C12H15N5S. The minimum absolute atomic E-state index is 0.442. The third-order valence-corrected chi connectivity index (χ3v) is 3.23. The largest absolute Gasteiger partial charge is 0.370 e. The van der Waals surface area contributed by atoms with Gasteiger partial charge >= 0.3 is 0 Å². The Bertz CT molecular complexity index is 480. The Balaban J connectivity index is 1.72. The average molecular weight is 261 g/mol. The molecule has 2 heterocycles. The minimum atomic E-state index is 0.442. The van der Waals surface area contributed by atoms with E-state index in [9.17, 15) is 0 Å². The highest BCUT2D eigenvalue weighted by molar-refractivity contribution is 7.09. The van der Waals surface area contributed by atoms with Crippen molar-refractivity contribution in [1.29, 1.82) is 0 Å². The predicted molar refractivity (Wildman–Crippen MR) is 73.4 cm³/mol. The van der Waals surface area contributed by atoms with Crippen molar-refractivity contribution < 1.29 is 0 Å². The van der Waals surface area contributed by atoms with Crippen LogP contribution in [-0.2, 0) is 13.0 Å². The van der Waals surface area contributed by atoms with Crippen LogP contribution in [0.5, 0.6) is 0 Å². The number of nitrogens with two attached hydrogens (primary N) is 1. The summed E-state index contributed by atoms with van der Waals surface area (Å²) in [6.07, 6.45) is 2.59. The summed E-state index contributed by atoms with van der Waals surface area (Å²) in [6.45, 7) is 1.24. The van der Waals surface area contributed by atoms with Crippen molar-refractivity contribution in [2.45, 2.75) is 13.0 Å². The fourth-order valence-corrected chi connectivity index (χ4v) is 2.12. The molecule has 0 atom stereocenters. The first-order valence-corrected chi connectivity index (χ1v) is 6.55. The first-order valence-electron chi connectivity index (χ1n) is 5.67. The van der Waals surface area contributed by atoms with Crippen LogP contribution in [-0.4, -0.2) is 22.7 Å². The van der Waals surface area contributed by atoms with Crippen LogP contribution >= 0.6 is 11.3 Å². The van der Waals surface area contributed by atoms with Gasteiger partial charge in [0.05, 0.1) is 12.2 Å². The fourth-order valence-electron chi connectivity index (χ4n) is 1.41. The maximum absolute atomic E-state index is 5.76. The van der Waals surface area contributed by atoms with Crippen molar-refractivity contribution in [1.82, 2.24) is 15.5 Å². The topological polar surface area (TPSA) is 76.2 Å². The molecule has 6 heteroatoms. The second kappa shape index (κ2) is 6.70. The van der Waals surface area contributed by atoms with E-state index in [0.717, 1.165) is 18.7 Å². The summed E-state index contributed by atoms with van der Waals surface area (Å²) in [5.41, 5.74) is 6.56. The van der Waals surface area contributed by atoms with E-state index in [1.165, 1.54) is 4.88 Å². The Kier molecular flexibility index (Phi) is 4.66. The minimum Gasteiger partial charge on any atom is -0.370 e. The summed E-state index contributed by atoms with van der Waals surface area (Å²) >= 11 is 1.75. The molecule has 0 fully saturated rings. The highest BCUT2D eigenvalue weighted by Crippen LogP contribution is 2.07. The fraction of sp³-hybridized carbons (Fsp3) is 0.250. The second-order valence-electron chi connectivity index (χ2n) is 3.67. The summed E-state index contributed by atoms with van der Waals surface area (Å²) in [6, 6.07) is 7.86. The number of aliphatic imine (C=N–C) groups is 1. The lowest BCUT2D eigenvalue weighted by molar-refractivity contribution is 0.843. The van der Waals surface area contributed by atoms with Gasteiger partial charge in [0.25, 0.3) is 0 Å². The normalized spacial score (nSPS) is 11.4. The molecule has 94 valence electrons. The zero-order chi connectivity index (χ0) is 12.6. The van der Waals surface area contributed by atoms with Crippen molar-refractivity contribution in [2.24, 2.45) is 10.7 Å². The predicted octanol–water partition coefficient (Wildman–Crippen LogP) is 1.19. The zero-order valence-electron chi connectivity index (χ0n) is 9.91. The maximum atomic E-state index is 5.76. The highest BCUT2D eigenvalue weighted by atomic mass is 32.1. The average Bonchev–Trinajstić information content (AvgIpc) is 2.91. The van der Waals surface area contributed by atoms with Gasteiger partial charge in [-0.3, -0.25) is 0 Å². The number of hydrogen-bond acceptors (Lipinski definition) is 4. The zero-order valence-corrected chi connectivity index (χ0v) is 10.7. The van der Waals surface area contributed by atoms with Gasteiger partial charge in [0.2, 0.25) is 0 Å². The molecule has 3 N–H and O–H groups in total. The molecule has 0 aliphatic carbocycles. The Hall–Kier alpha value is -1.95. The van der Waals surface area contributed by atoms with Gasteiger partial charge < -0.3 is 11.1 Å². The summed E-state index contributed by atoms with van der Waals surface area (Å²) in [5, 5.41) is 12.9. The number of thiophene rings is 1. The Morgan fingerprint density at radius 2 is 2.33 bits per heavy atom. The van der Waals surface area contributed by atoms with Crippen molar-refractivity contribution in [2.75, 3.05) is 6.54 Å². The SMILES string of the molecule is NC(=NCc1cccnn1)NCCc1cccs1. The van der Waals surface area contributed by atoms with E-state index < -0.39 is 0 Å². The van der Waals surface area contributed by atoms with Crippen LogP contribution in [0.25, 0.3) is 0 Å². The molecule has 0 spiro atoms. The van der Waals surface area contributed by atoms with Crippen molar-refractivity contribution in [3.05, 3.63) is 46.4 Å². The van der Waals surface area contributed by atoms with Gasteiger partial charge in [0.1, 0.15) is 0 Å². The molecule has 0 unspecified atom stereocenters. The first kappa shape index (κ1) is 12.5. The smallest absolute Gasteiger partial charge is 0.188 e. The molecule has 0 saturated carbocycles. The molecule has 0 aliphatic heterocycles. The summed E-state index contributed by atoms with van der Waals surface area (Å²) in [5.74, 6) is 0.442. The lowest BCUT2D eigenvalue weighted by Gasteiger charge is -2.04. The van der Waals surface area contributed by atoms with Gasteiger partial charge in [-0.25, -0.2) is 4.99 Å². The van der Waals surface area contributed by atoms with E-state index in [-0.39, 0.29) is 0 Å². The van der Waals surface area contributed by atoms with Crippen LogP contribution in [0.15, 0.2) is 40.8 Å². The van der Waals surface area contributed by atoms with E-state index in [4.69, 9.17) is 5.73 Å². The molecule has 2 rings (SSSR count). The van der Waals surface area contributed by atoms with Crippen LogP contribution in [0.4, 0.5) is 0 Å². The number of rotatable bonds is 5. The van der Waals surface area contributed by atoms with Crippen LogP contribution in [0, 0.1) is 0 Å². The van der Waals surface area contributed by atoms with Crippen LogP contribution < -0.4 is 11.1 Å². The molecule has 0 amide bonds. The van der Waals surface area contributed by atoms with Crippen molar-refractivity contribution >= 4 is 17.3 Å².